The number of benzene rings is 2. The van der Waals surface area contributed by atoms with Gasteiger partial charge in [0.05, 0.1) is 19.8 Å². The van der Waals surface area contributed by atoms with E-state index in [0.717, 1.165) is 30.9 Å². The van der Waals surface area contributed by atoms with Crippen molar-refractivity contribution in [2.75, 3.05) is 45.7 Å². The third kappa shape index (κ3) is 4.80. The summed E-state index contributed by atoms with van der Waals surface area (Å²) in [4.78, 5) is 28.1. The minimum Gasteiger partial charge on any atom is -0.496 e. The zero-order valence-electron chi connectivity index (χ0n) is 16.2. The quantitative estimate of drug-likeness (QED) is 0.804. The molecule has 0 aliphatic carbocycles. The number of piperazine rings is 1. The number of methoxy groups -OCH3 is 2. The third-order valence-electron chi connectivity index (χ3n) is 4.80. The van der Waals surface area contributed by atoms with Gasteiger partial charge in [-0.25, -0.2) is 9.59 Å². The van der Waals surface area contributed by atoms with Crippen molar-refractivity contribution in [3.05, 3.63) is 59.7 Å². The number of amides is 2. The molecule has 2 amide bonds. The monoisotopic (exact) mass is 383 g/mol. The third-order valence-corrected chi connectivity index (χ3v) is 4.80. The molecule has 0 bridgehead atoms. The van der Waals surface area contributed by atoms with E-state index in [-0.39, 0.29) is 6.03 Å². The number of carbonyl (C=O) groups excluding carboxylic acids is 2. The standard InChI is InChI=1S/C21H25N3O4/c1-27-19-6-4-3-5-17(19)15-23-11-13-24(14-12-23)21(26)22-18-9-7-16(8-10-18)20(25)28-2/h3-10H,11-15H2,1-2H3,(H,22,26). The lowest BCUT2D eigenvalue weighted by atomic mass is 10.1. The molecule has 0 unspecified atom stereocenters. The zero-order valence-corrected chi connectivity index (χ0v) is 16.2. The molecule has 0 radical (unpaired) electrons. The number of carbonyl (C=O) groups is 2. The predicted molar refractivity (Wildman–Crippen MR) is 107 cm³/mol. The van der Waals surface area contributed by atoms with Crippen LogP contribution in [0.25, 0.3) is 0 Å². The molecule has 2 aromatic carbocycles. The number of esters is 1. The SMILES string of the molecule is COC(=O)c1ccc(NC(=O)N2CCN(Cc3ccccc3OC)CC2)cc1. The Morgan fingerprint density at radius 3 is 2.29 bits per heavy atom. The predicted octanol–water partition coefficient (Wildman–Crippen LogP) is 2.83. The van der Waals surface area contributed by atoms with Crippen LogP contribution >= 0.6 is 0 Å². The molecular weight excluding hydrogens is 358 g/mol. The molecule has 7 heteroatoms. The Morgan fingerprint density at radius 2 is 1.64 bits per heavy atom. The van der Waals surface area contributed by atoms with E-state index in [1.807, 2.05) is 18.2 Å². The molecule has 1 aliphatic rings. The van der Waals surface area contributed by atoms with Crippen LogP contribution in [0.15, 0.2) is 48.5 Å². The molecule has 0 atom stereocenters. The highest BCUT2D eigenvalue weighted by molar-refractivity contribution is 5.92. The summed E-state index contributed by atoms with van der Waals surface area (Å²) in [6.45, 7) is 3.70. The smallest absolute Gasteiger partial charge is 0.337 e. The van der Waals surface area contributed by atoms with Crippen LogP contribution in [-0.4, -0.2) is 62.2 Å². The molecule has 1 aliphatic heterocycles. The van der Waals surface area contributed by atoms with Gasteiger partial charge in [0.15, 0.2) is 0 Å². The highest BCUT2D eigenvalue weighted by Crippen LogP contribution is 2.20. The second-order valence-electron chi connectivity index (χ2n) is 6.57. The van der Waals surface area contributed by atoms with Gasteiger partial charge in [-0.3, -0.25) is 4.90 Å². The lowest BCUT2D eigenvalue weighted by Crippen LogP contribution is -2.49. The van der Waals surface area contributed by atoms with Crippen molar-refractivity contribution in [3.63, 3.8) is 0 Å². The van der Waals surface area contributed by atoms with Crippen molar-refractivity contribution < 1.29 is 19.1 Å². The number of rotatable bonds is 5. The van der Waals surface area contributed by atoms with Gasteiger partial charge in [-0.1, -0.05) is 18.2 Å². The summed E-state index contributed by atoms with van der Waals surface area (Å²) in [6, 6.07) is 14.5. The summed E-state index contributed by atoms with van der Waals surface area (Å²) in [5.41, 5.74) is 2.24. The van der Waals surface area contributed by atoms with E-state index >= 15 is 0 Å². The van der Waals surface area contributed by atoms with Crippen molar-refractivity contribution in [1.29, 1.82) is 0 Å². The van der Waals surface area contributed by atoms with Crippen LogP contribution in [0.4, 0.5) is 10.5 Å². The molecule has 0 spiro atoms. The van der Waals surface area contributed by atoms with Gasteiger partial charge in [0.25, 0.3) is 0 Å². The van der Waals surface area contributed by atoms with E-state index in [0.29, 0.717) is 24.3 Å². The lowest BCUT2D eigenvalue weighted by molar-refractivity contribution is 0.0600. The van der Waals surface area contributed by atoms with Crippen molar-refractivity contribution in [3.8, 4) is 5.75 Å². The maximum Gasteiger partial charge on any atom is 0.337 e. The fourth-order valence-corrected chi connectivity index (χ4v) is 3.19. The average Bonchev–Trinajstić information content (AvgIpc) is 2.74. The molecule has 148 valence electrons. The maximum atomic E-state index is 12.5. The fraction of sp³-hybridized carbons (Fsp3) is 0.333. The van der Waals surface area contributed by atoms with Crippen LogP contribution in [0.1, 0.15) is 15.9 Å². The van der Waals surface area contributed by atoms with Gasteiger partial charge < -0.3 is 19.7 Å². The zero-order chi connectivity index (χ0) is 19.9. The van der Waals surface area contributed by atoms with Crippen LogP contribution in [0, 0.1) is 0 Å². The molecule has 7 nitrogen and oxygen atoms in total. The Morgan fingerprint density at radius 1 is 0.964 bits per heavy atom. The Balaban J connectivity index is 1.50. The van der Waals surface area contributed by atoms with Gasteiger partial charge in [-0.15, -0.1) is 0 Å². The second kappa shape index (κ2) is 9.23. The van der Waals surface area contributed by atoms with Crippen molar-refractivity contribution in [1.82, 2.24) is 9.80 Å². The van der Waals surface area contributed by atoms with Gasteiger partial charge in [0, 0.05) is 44.0 Å². The van der Waals surface area contributed by atoms with Gasteiger partial charge in [-0.2, -0.15) is 0 Å². The summed E-state index contributed by atoms with van der Waals surface area (Å²) in [5.74, 6) is 0.488. The van der Waals surface area contributed by atoms with Gasteiger partial charge in [0.2, 0.25) is 0 Å². The van der Waals surface area contributed by atoms with Crippen molar-refractivity contribution >= 4 is 17.7 Å². The van der Waals surface area contributed by atoms with Crippen LogP contribution in [0.5, 0.6) is 5.75 Å². The molecule has 28 heavy (non-hydrogen) atoms. The van der Waals surface area contributed by atoms with Gasteiger partial charge >= 0.3 is 12.0 Å². The molecular formula is C21H25N3O4. The Bertz CT molecular complexity index is 815. The lowest BCUT2D eigenvalue weighted by Gasteiger charge is -2.34. The Hall–Kier alpha value is -3.06. The first-order valence-corrected chi connectivity index (χ1v) is 9.19. The Kier molecular flexibility index (Phi) is 6.49. The molecule has 1 N–H and O–H groups in total. The van der Waals surface area contributed by atoms with E-state index < -0.39 is 5.97 Å². The largest absolute Gasteiger partial charge is 0.496 e. The number of nitrogens with zero attached hydrogens (tertiary/aromatic N) is 2. The molecule has 1 heterocycles. The molecule has 0 aromatic heterocycles. The molecule has 1 saturated heterocycles. The minimum atomic E-state index is -0.399. The number of anilines is 1. The van der Waals surface area contributed by atoms with Crippen molar-refractivity contribution in [2.24, 2.45) is 0 Å². The van der Waals surface area contributed by atoms with E-state index in [1.54, 1.807) is 36.3 Å². The first-order valence-electron chi connectivity index (χ1n) is 9.19. The normalized spacial score (nSPS) is 14.4. The number of ether oxygens (including phenoxy) is 2. The first-order chi connectivity index (χ1) is 13.6. The summed E-state index contributed by atoms with van der Waals surface area (Å²) in [5, 5.41) is 2.87. The molecule has 1 fully saturated rings. The van der Waals surface area contributed by atoms with Gasteiger partial charge in [-0.05, 0) is 30.3 Å². The van der Waals surface area contributed by atoms with E-state index in [1.165, 1.54) is 7.11 Å². The number of urea groups is 1. The summed E-state index contributed by atoms with van der Waals surface area (Å²) < 4.78 is 10.1. The highest BCUT2D eigenvalue weighted by Gasteiger charge is 2.22. The van der Waals surface area contributed by atoms with Gasteiger partial charge in [0.1, 0.15) is 5.75 Å². The summed E-state index contributed by atoms with van der Waals surface area (Å²) in [7, 11) is 3.02. The van der Waals surface area contributed by atoms with E-state index in [2.05, 4.69) is 21.0 Å². The maximum absolute atomic E-state index is 12.5. The number of hydrogen-bond donors (Lipinski definition) is 1. The minimum absolute atomic E-state index is 0.136. The van der Waals surface area contributed by atoms with E-state index in [9.17, 15) is 9.59 Å². The van der Waals surface area contributed by atoms with Crippen molar-refractivity contribution in [2.45, 2.75) is 6.54 Å². The molecule has 2 aromatic rings. The number of nitrogens with one attached hydrogen (secondary N) is 1. The van der Waals surface area contributed by atoms with Crippen LogP contribution < -0.4 is 10.1 Å². The summed E-state index contributed by atoms with van der Waals surface area (Å²) >= 11 is 0. The Labute approximate surface area is 164 Å². The summed E-state index contributed by atoms with van der Waals surface area (Å²) in [6.07, 6.45) is 0. The molecule has 0 saturated carbocycles. The van der Waals surface area contributed by atoms with Crippen LogP contribution in [0.3, 0.4) is 0 Å². The second-order valence-corrected chi connectivity index (χ2v) is 6.57. The topological polar surface area (TPSA) is 71.1 Å². The van der Waals surface area contributed by atoms with Crippen LogP contribution in [-0.2, 0) is 11.3 Å². The number of hydrogen-bond acceptors (Lipinski definition) is 5. The molecule has 3 rings (SSSR count). The van der Waals surface area contributed by atoms with E-state index in [4.69, 9.17) is 4.74 Å². The first kappa shape index (κ1) is 19.7. The fourth-order valence-electron chi connectivity index (χ4n) is 3.19. The average molecular weight is 383 g/mol. The number of para-hydroxylation sites is 1. The highest BCUT2D eigenvalue weighted by atomic mass is 16.5. The van der Waals surface area contributed by atoms with Crippen LogP contribution in [0.2, 0.25) is 0 Å².